The first-order valence-corrected chi connectivity index (χ1v) is 11.4. The summed E-state index contributed by atoms with van der Waals surface area (Å²) < 4.78 is 7.76. The van der Waals surface area contributed by atoms with Crippen molar-refractivity contribution in [1.29, 1.82) is 0 Å². The summed E-state index contributed by atoms with van der Waals surface area (Å²) in [6.45, 7) is 6.42. The van der Waals surface area contributed by atoms with Crippen LogP contribution in [0.25, 0.3) is 0 Å². The molecule has 0 saturated carbocycles. The fourth-order valence-corrected chi connectivity index (χ4v) is 3.81. The summed E-state index contributed by atoms with van der Waals surface area (Å²) in [6.07, 6.45) is 4.13. The van der Waals surface area contributed by atoms with Gasteiger partial charge in [-0.2, -0.15) is 0 Å². The SMILES string of the molecule is CCCCCN(C(=O)COc1ccc(C)cc1Br)c1c(N)n(CCCC)c(=O)[nH]c1=O. The lowest BCUT2D eigenvalue weighted by Crippen LogP contribution is -2.43. The van der Waals surface area contributed by atoms with Crippen LogP contribution in [0, 0.1) is 6.92 Å². The highest BCUT2D eigenvalue weighted by Gasteiger charge is 2.24. The molecule has 1 heterocycles. The van der Waals surface area contributed by atoms with Gasteiger partial charge in [0.15, 0.2) is 12.3 Å². The van der Waals surface area contributed by atoms with Gasteiger partial charge >= 0.3 is 5.69 Å². The Morgan fingerprint density at radius 1 is 1.19 bits per heavy atom. The summed E-state index contributed by atoms with van der Waals surface area (Å²) in [5, 5.41) is 0. The van der Waals surface area contributed by atoms with Gasteiger partial charge in [-0.25, -0.2) is 4.79 Å². The molecule has 0 saturated heterocycles. The molecule has 0 aliphatic carbocycles. The molecule has 0 spiro atoms. The number of aromatic amines is 1. The van der Waals surface area contributed by atoms with E-state index >= 15 is 0 Å². The van der Waals surface area contributed by atoms with E-state index in [1.807, 2.05) is 26.0 Å². The zero-order valence-electron chi connectivity index (χ0n) is 18.4. The fraction of sp³-hybridized carbons (Fsp3) is 0.500. The van der Waals surface area contributed by atoms with Crippen LogP contribution in [0.4, 0.5) is 11.5 Å². The topological polar surface area (TPSA) is 110 Å². The number of nitrogens with zero attached hydrogens (tertiary/aromatic N) is 2. The van der Waals surface area contributed by atoms with Crippen molar-refractivity contribution in [3.8, 4) is 5.75 Å². The minimum Gasteiger partial charge on any atom is -0.483 e. The number of rotatable bonds is 11. The average Bonchev–Trinajstić information content (AvgIpc) is 2.71. The van der Waals surface area contributed by atoms with Gasteiger partial charge in [0.05, 0.1) is 4.47 Å². The number of aryl methyl sites for hydroxylation is 1. The molecule has 0 bridgehead atoms. The molecule has 0 aliphatic heterocycles. The Kier molecular flexibility index (Phi) is 9.36. The van der Waals surface area contributed by atoms with E-state index in [1.54, 1.807) is 6.07 Å². The first-order valence-electron chi connectivity index (χ1n) is 10.6. The van der Waals surface area contributed by atoms with Crippen LogP contribution in [0.5, 0.6) is 5.75 Å². The Balaban J connectivity index is 2.35. The van der Waals surface area contributed by atoms with Crippen LogP contribution in [-0.4, -0.2) is 28.6 Å². The average molecular weight is 495 g/mol. The molecular formula is C22H31BrN4O4. The summed E-state index contributed by atoms with van der Waals surface area (Å²) in [5.74, 6) is 0.132. The van der Waals surface area contributed by atoms with Crippen molar-refractivity contribution in [2.24, 2.45) is 0 Å². The summed E-state index contributed by atoms with van der Waals surface area (Å²) in [7, 11) is 0. The molecule has 0 fully saturated rings. The van der Waals surface area contributed by atoms with Crippen LogP contribution in [-0.2, 0) is 11.3 Å². The van der Waals surface area contributed by atoms with E-state index in [0.29, 0.717) is 25.3 Å². The highest BCUT2D eigenvalue weighted by molar-refractivity contribution is 9.10. The second kappa shape index (κ2) is 11.7. The van der Waals surface area contributed by atoms with Crippen LogP contribution in [0.1, 0.15) is 51.5 Å². The summed E-state index contributed by atoms with van der Waals surface area (Å²) in [5.41, 5.74) is 6.04. The van der Waals surface area contributed by atoms with Crippen LogP contribution < -0.4 is 26.6 Å². The first kappa shape index (κ1) is 24.7. The van der Waals surface area contributed by atoms with E-state index in [1.165, 1.54) is 9.47 Å². The van der Waals surface area contributed by atoms with Gasteiger partial charge in [-0.05, 0) is 53.4 Å². The van der Waals surface area contributed by atoms with Crippen LogP contribution in [0.3, 0.4) is 0 Å². The molecule has 2 aromatic rings. The van der Waals surface area contributed by atoms with E-state index in [0.717, 1.165) is 35.7 Å². The molecule has 0 radical (unpaired) electrons. The summed E-state index contributed by atoms with van der Waals surface area (Å²) in [6, 6.07) is 5.56. The fourth-order valence-electron chi connectivity index (χ4n) is 3.20. The highest BCUT2D eigenvalue weighted by atomic mass is 79.9. The Hall–Kier alpha value is -2.55. The zero-order valence-corrected chi connectivity index (χ0v) is 20.0. The number of hydrogen-bond acceptors (Lipinski definition) is 5. The zero-order chi connectivity index (χ0) is 23.0. The number of anilines is 2. The van der Waals surface area contributed by atoms with Crippen molar-refractivity contribution in [3.05, 3.63) is 49.1 Å². The first-order chi connectivity index (χ1) is 14.8. The number of hydrogen-bond donors (Lipinski definition) is 2. The second-order valence-corrected chi connectivity index (χ2v) is 8.33. The molecule has 0 aliphatic rings. The van der Waals surface area contributed by atoms with Gasteiger partial charge in [-0.15, -0.1) is 0 Å². The highest BCUT2D eigenvalue weighted by Crippen LogP contribution is 2.26. The van der Waals surface area contributed by atoms with E-state index < -0.39 is 17.2 Å². The van der Waals surface area contributed by atoms with Gasteiger partial charge < -0.3 is 15.4 Å². The maximum Gasteiger partial charge on any atom is 0.330 e. The summed E-state index contributed by atoms with van der Waals surface area (Å²) >= 11 is 3.43. The van der Waals surface area contributed by atoms with E-state index in [9.17, 15) is 14.4 Å². The van der Waals surface area contributed by atoms with E-state index in [-0.39, 0.29) is 18.1 Å². The van der Waals surface area contributed by atoms with Crippen molar-refractivity contribution in [2.45, 2.75) is 59.4 Å². The van der Waals surface area contributed by atoms with E-state index in [4.69, 9.17) is 10.5 Å². The molecule has 1 amide bonds. The number of nitrogens with two attached hydrogens (primary N) is 1. The van der Waals surface area contributed by atoms with Gasteiger partial charge in [-0.3, -0.25) is 19.1 Å². The number of amides is 1. The van der Waals surface area contributed by atoms with E-state index in [2.05, 4.69) is 27.8 Å². The molecule has 1 aromatic carbocycles. The quantitative estimate of drug-likeness (QED) is 0.463. The monoisotopic (exact) mass is 494 g/mol. The van der Waals surface area contributed by atoms with Crippen molar-refractivity contribution < 1.29 is 9.53 Å². The minimum atomic E-state index is -0.670. The predicted molar refractivity (Wildman–Crippen MR) is 127 cm³/mol. The number of nitrogens with one attached hydrogen (secondary N) is 1. The van der Waals surface area contributed by atoms with Crippen molar-refractivity contribution in [3.63, 3.8) is 0 Å². The maximum atomic E-state index is 13.1. The number of benzene rings is 1. The molecule has 0 atom stereocenters. The molecule has 2 rings (SSSR count). The predicted octanol–water partition coefficient (Wildman–Crippen LogP) is 3.59. The summed E-state index contributed by atoms with van der Waals surface area (Å²) in [4.78, 5) is 41.6. The number of carbonyl (C=O) groups excluding carboxylic acids is 1. The molecule has 3 N–H and O–H groups in total. The molecule has 9 heteroatoms. The third-order valence-electron chi connectivity index (χ3n) is 4.94. The number of unbranched alkanes of at least 4 members (excludes halogenated alkanes) is 3. The smallest absolute Gasteiger partial charge is 0.330 e. The lowest BCUT2D eigenvalue weighted by atomic mass is 10.2. The van der Waals surface area contributed by atoms with Crippen LogP contribution >= 0.6 is 15.9 Å². The number of aromatic nitrogens is 2. The lowest BCUT2D eigenvalue weighted by molar-refractivity contribution is -0.120. The number of H-pyrrole nitrogens is 1. The molecular weight excluding hydrogens is 464 g/mol. The van der Waals surface area contributed by atoms with Crippen molar-refractivity contribution >= 4 is 33.3 Å². The standard InChI is InChI=1S/C22H31BrN4O4/c1-4-6-8-12-26(18(28)14-31-17-10-9-15(3)13-16(17)23)19-20(24)27(11-7-5-2)22(30)25-21(19)29/h9-10,13H,4-8,11-12,14,24H2,1-3H3,(H,25,29,30). The molecule has 31 heavy (non-hydrogen) atoms. The minimum absolute atomic E-state index is 0.00313. The third kappa shape index (κ3) is 6.46. The Morgan fingerprint density at radius 3 is 2.55 bits per heavy atom. The molecule has 170 valence electrons. The van der Waals surface area contributed by atoms with Gasteiger partial charge in [0.1, 0.15) is 11.6 Å². The molecule has 0 unspecified atom stereocenters. The Bertz CT molecular complexity index is 1020. The van der Waals surface area contributed by atoms with Crippen LogP contribution in [0.15, 0.2) is 32.3 Å². The maximum absolute atomic E-state index is 13.1. The number of halogens is 1. The molecule has 1 aromatic heterocycles. The second-order valence-electron chi connectivity index (χ2n) is 7.47. The number of carbonyl (C=O) groups is 1. The largest absolute Gasteiger partial charge is 0.483 e. The lowest BCUT2D eigenvalue weighted by Gasteiger charge is -2.24. The third-order valence-corrected chi connectivity index (χ3v) is 5.56. The Morgan fingerprint density at radius 2 is 1.90 bits per heavy atom. The van der Waals surface area contributed by atoms with Gasteiger partial charge in [0, 0.05) is 13.1 Å². The van der Waals surface area contributed by atoms with Gasteiger partial charge in [-0.1, -0.05) is 39.2 Å². The molecule has 8 nitrogen and oxygen atoms in total. The normalized spacial score (nSPS) is 10.8. The van der Waals surface area contributed by atoms with Crippen molar-refractivity contribution in [1.82, 2.24) is 9.55 Å². The number of ether oxygens (including phenoxy) is 1. The van der Waals surface area contributed by atoms with Gasteiger partial charge in [0.2, 0.25) is 0 Å². The van der Waals surface area contributed by atoms with Crippen LogP contribution in [0.2, 0.25) is 0 Å². The number of nitrogen functional groups attached to an aromatic ring is 1. The van der Waals surface area contributed by atoms with Gasteiger partial charge in [0.25, 0.3) is 11.5 Å². The Labute approximate surface area is 190 Å². The van der Waals surface area contributed by atoms with Crippen molar-refractivity contribution in [2.75, 3.05) is 23.8 Å².